The SMILES string of the molecule is CO[C@H]1O[C@H](CO[C@H]2O[C@H](CCO)[C@@H](OCc3ccccc3)[C@H](OCc3ccccc3)[C@H]2OCc2ccccc2)[C@@H](OCc2ccccc2)[C@H](OCc2ccccc2)[C@H]1OCc1ccccc1. The number of ether oxygens (including phenoxy) is 10. The topological polar surface area (TPSA) is 113 Å². The Hall–Kier alpha value is -5.12. The van der Waals surface area contributed by atoms with Crippen LogP contribution in [-0.4, -0.2) is 86.8 Å². The number of hydrogen-bond acceptors (Lipinski definition) is 11. The van der Waals surface area contributed by atoms with Crippen LogP contribution < -0.4 is 0 Å². The van der Waals surface area contributed by atoms with Crippen LogP contribution in [0.3, 0.4) is 0 Å². The second-order valence-electron chi connectivity index (χ2n) is 16.7. The highest BCUT2D eigenvalue weighted by Gasteiger charge is 2.52. The normalized spacial score (nSPS) is 25.2. The third-order valence-corrected chi connectivity index (χ3v) is 12.0. The van der Waals surface area contributed by atoms with Gasteiger partial charge in [0.05, 0.1) is 52.4 Å². The third-order valence-electron chi connectivity index (χ3n) is 12.0. The van der Waals surface area contributed by atoms with Gasteiger partial charge in [0.25, 0.3) is 0 Å². The lowest BCUT2D eigenvalue weighted by molar-refractivity contribution is -0.349. The molecule has 6 aromatic rings. The Bertz CT molecular complexity index is 2240. The van der Waals surface area contributed by atoms with Gasteiger partial charge in [0, 0.05) is 13.7 Å². The molecule has 2 heterocycles. The average Bonchev–Trinajstić information content (AvgIpc) is 3.39. The Morgan fingerprint density at radius 2 is 0.627 bits per heavy atom. The third kappa shape index (κ3) is 14.0. The Morgan fingerprint density at radius 1 is 0.343 bits per heavy atom. The van der Waals surface area contributed by atoms with Gasteiger partial charge in [-0.25, -0.2) is 0 Å². The van der Waals surface area contributed by atoms with Gasteiger partial charge >= 0.3 is 0 Å². The van der Waals surface area contributed by atoms with E-state index in [0.717, 1.165) is 33.4 Å². The van der Waals surface area contributed by atoms with Gasteiger partial charge in [-0.15, -0.1) is 0 Å². The van der Waals surface area contributed by atoms with Crippen LogP contribution in [0.5, 0.6) is 0 Å². The molecule has 0 spiro atoms. The van der Waals surface area contributed by atoms with Crippen molar-refractivity contribution in [3.05, 3.63) is 215 Å². The van der Waals surface area contributed by atoms with E-state index in [1.807, 2.05) is 182 Å². The van der Waals surface area contributed by atoms with Crippen molar-refractivity contribution in [3.63, 3.8) is 0 Å². The first kappa shape index (κ1) is 48.3. The van der Waals surface area contributed by atoms with E-state index in [-0.39, 0.29) is 39.5 Å². The Kier molecular flexibility index (Phi) is 18.7. The molecule has 2 aliphatic heterocycles. The van der Waals surface area contributed by atoms with Crippen LogP contribution in [0, 0.1) is 0 Å². The molecule has 11 nitrogen and oxygen atoms in total. The van der Waals surface area contributed by atoms with Crippen molar-refractivity contribution in [1.82, 2.24) is 0 Å². The molecule has 2 saturated heterocycles. The summed E-state index contributed by atoms with van der Waals surface area (Å²) in [7, 11) is 1.60. The summed E-state index contributed by atoms with van der Waals surface area (Å²) in [6.45, 7) is 1.53. The molecule has 10 atom stereocenters. The van der Waals surface area contributed by atoms with Crippen molar-refractivity contribution in [2.75, 3.05) is 20.3 Å². The first-order chi connectivity index (χ1) is 33.1. The predicted octanol–water partition coefficient (Wildman–Crippen LogP) is 8.99. The van der Waals surface area contributed by atoms with E-state index in [1.165, 1.54) is 0 Å². The summed E-state index contributed by atoms with van der Waals surface area (Å²) in [5.74, 6) is 0. The van der Waals surface area contributed by atoms with Crippen molar-refractivity contribution in [2.45, 2.75) is 107 Å². The van der Waals surface area contributed by atoms with Gasteiger partial charge in [-0.05, 0) is 39.8 Å². The Morgan fingerprint density at radius 3 is 0.955 bits per heavy atom. The molecular weight excluding hydrogens is 849 g/mol. The molecule has 0 saturated carbocycles. The van der Waals surface area contributed by atoms with E-state index < -0.39 is 61.4 Å². The number of benzene rings is 6. The van der Waals surface area contributed by atoms with Crippen molar-refractivity contribution >= 4 is 0 Å². The number of rotatable bonds is 24. The second-order valence-corrected chi connectivity index (χ2v) is 16.7. The Balaban J connectivity index is 1.11. The molecule has 0 aromatic heterocycles. The van der Waals surface area contributed by atoms with E-state index in [4.69, 9.17) is 47.4 Å². The van der Waals surface area contributed by atoms with Gasteiger partial charge in [0.1, 0.15) is 42.7 Å². The zero-order chi connectivity index (χ0) is 45.9. The fourth-order valence-corrected chi connectivity index (χ4v) is 8.50. The molecule has 2 aliphatic rings. The standard InChI is InChI=1S/C56H62O11/c1-58-55-53(63-38-45-28-16-6-17-29-45)52(62-37-44-26-14-5-15-27-44)50(60-35-42-22-10-3-11-23-42)48(67-55)40-65-56-54(64-39-46-30-18-7-19-31-46)51(61-36-43-24-12-4-13-25-43)49(47(66-56)32-33-57)59-34-41-20-8-2-9-21-41/h2-31,47-57H,32-40H2,1H3/t47-,48-,49-,50-,51+,52+,53-,54-,55+,56+/m1/s1. The molecule has 67 heavy (non-hydrogen) atoms. The maximum absolute atomic E-state index is 10.5. The summed E-state index contributed by atoms with van der Waals surface area (Å²) in [5.41, 5.74) is 5.92. The number of methoxy groups -OCH3 is 1. The summed E-state index contributed by atoms with van der Waals surface area (Å²) < 4.78 is 67.6. The minimum Gasteiger partial charge on any atom is -0.396 e. The molecule has 2 fully saturated rings. The molecule has 1 N–H and O–H groups in total. The molecule has 0 radical (unpaired) electrons. The molecule has 0 bridgehead atoms. The van der Waals surface area contributed by atoms with Gasteiger partial charge in [0.15, 0.2) is 12.6 Å². The fraction of sp³-hybridized carbons (Fsp3) is 0.357. The van der Waals surface area contributed by atoms with Crippen molar-refractivity contribution < 1.29 is 52.5 Å². The highest BCUT2D eigenvalue weighted by atomic mass is 16.7. The van der Waals surface area contributed by atoms with E-state index >= 15 is 0 Å². The molecule has 0 unspecified atom stereocenters. The van der Waals surface area contributed by atoms with Gasteiger partial charge in [-0.3, -0.25) is 0 Å². The van der Waals surface area contributed by atoms with E-state index in [0.29, 0.717) is 19.8 Å². The minimum atomic E-state index is -0.993. The van der Waals surface area contributed by atoms with Crippen LogP contribution in [0.15, 0.2) is 182 Å². The number of hydrogen-bond donors (Lipinski definition) is 1. The lowest BCUT2D eigenvalue weighted by Gasteiger charge is -2.48. The van der Waals surface area contributed by atoms with Crippen LogP contribution in [0.1, 0.15) is 39.8 Å². The Labute approximate surface area is 394 Å². The number of aliphatic hydroxyl groups excluding tert-OH is 1. The molecule has 0 amide bonds. The zero-order valence-corrected chi connectivity index (χ0v) is 38.0. The van der Waals surface area contributed by atoms with E-state index in [9.17, 15) is 5.11 Å². The molecule has 0 aliphatic carbocycles. The van der Waals surface area contributed by atoms with Crippen LogP contribution in [0.2, 0.25) is 0 Å². The zero-order valence-electron chi connectivity index (χ0n) is 38.0. The molecule has 8 rings (SSSR count). The van der Waals surface area contributed by atoms with Gasteiger partial charge in [-0.2, -0.15) is 0 Å². The maximum atomic E-state index is 10.5. The molecular formula is C56H62O11. The summed E-state index contributed by atoms with van der Waals surface area (Å²) in [6.07, 6.45) is -7.14. The minimum absolute atomic E-state index is 0.0153. The first-order valence-electron chi connectivity index (χ1n) is 23.1. The monoisotopic (exact) mass is 910 g/mol. The molecule has 6 aromatic carbocycles. The lowest BCUT2D eigenvalue weighted by atomic mass is 9.95. The quantitative estimate of drug-likeness (QED) is 0.0628. The maximum Gasteiger partial charge on any atom is 0.186 e. The first-order valence-corrected chi connectivity index (χ1v) is 23.1. The van der Waals surface area contributed by atoms with Crippen LogP contribution >= 0.6 is 0 Å². The van der Waals surface area contributed by atoms with Crippen LogP contribution in [-0.2, 0) is 87.0 Å². The fourth-order valence-electron chi connectivity index (χ4n) is 8.50. The summed E-state index contributed by atoms with van der Waals surface area (Å²) in [4.78, 5) is 0. The van der Waals surface area contributed by atoms with Crippen LogP contribution in [0.4, 0.5) is 0 Å². The molecule has 11 heteroatoms. The number of aliphatic hydroxyl groups is 1. The summed E-state index contributed by atoms with van der Waals surface area (Å²) >= 11 is 0. The predicted molar refractivity (Wildman–Crippen MR) is 252 cm³/mol. The van der Waals surface area contributed by atoms with Crippen molar-refractivity contribution in [3.8, 4) is 0 Å². The van der Waals surface area contributed by atoms with E-state index in [2.05, 4.69) is 0 Å². The van der Waals surface area contributed by atoms with Crippen LogP contribution in [0.25, 0.3) is 0 Å². The second kappa shape index (κ2) is 25.9. The van der Waals surface area contributed by atoms with Crippen molar-refractivity contribution in [1.29, 1.82) is 0 Å². The van der Waals surface area contributed by atoms with Crippen molar-refractivity contribution in [2.24, 2.45) is 0 Å². The average molecular weight is 911 g/mol. The van der Waals surface area contributed by atoms with Gasteiger partial charge in [0.2, 0.25) is 0 Å². The van der Waals surface area contributed by atoms with E-state index in [1.54, 1.807) is 7.11 Å². The largest absolute Gasteiger partial charge is 0.396 e. The molecule has 352 valence electrons. The highest BCUT2D eigenvalue weighted by molar-refractivity contribution is 5.18. The summed E-state index contributed by atoms with van der Waals surface area (Å²) in [5, 5.41) is 10.5. The highest BCUT2D eigenvalue weighted by Crippen LogP contribution is 2.35. The smallest absolute Gasteiger partial charge is 0.186 e. The van der Waals surface area contributed by atoms with Gasteiger partial charge < -0.3 is 52.5 Å². The van der Waals surface area contributed by atoms with Gasteiger partial charge in [-0.1, -0.05) is 182 Å². The summed E-state index contributed by atoms with van der Waals surface area (Å²) in [6, 6.07) is 59.9. The lowest BCUT2D eigenvalue weighted by Crippen LogP contribution is -2.63.